The van der Waals surface area contributed by atoms with Crippen molar-refractivity contribution in [3.05, 3.63) is 47.7 Å². The van der Waals surface area contributed by atoms with Gasteiger partial charge in [0.15, 0.2) is 0 Å². The molecule has 0 saturated heterocycles. The zero-order valence-corrected chi connectivity index (χ0v) is 11.9. The van der Waals surface area contributed by atoms with Gasteiger partial charge < -0.3 is 20.5 Å². The van der Waals surface area contributed by atoms with Crippen LogP contribution in [0.4, 0.5) is 11.4 Å². The molecular weight excluding hydrogens is 270 g/mol. The lowest BCUT2D eigenvalue weighted by Gasteiger charge is -2.10. The van der Waals surface area contributed by atoms with Gasteiger partial charge in [0.05, 0.1) is 31.2 Å². The van der Waals surface area contributed by atoms with E-state index in [1.54, 1.807) is 37.6 Å². The SMILES string of the molecule is COC(=O)c1ccc(NCc2ccc(OC)nc2)c(N)c1. The fourth-order valence-corrected chi connectivity index (χ4v) is 1.80. The van der Waals surface area contributed by atoms with Gasteiger partial charge in [0.2, 0.25) is 5.88 Å². The maximum Gasteiger partial charge on any atom is 0.337 e. The predicted octanol–water partition coefficient (Wildman–Crippen LogP) is 2.07. The zero-order chi connectivity index (χ0) is 15.2. The number of esters is 1. The van der Waals surface area contributed by atoms with Gasteiger partial charge in [-0.05, 0) is 23.8 Å². The number of nitrogens with one attached hydrogen (secondary N) is 1. The number of carbonyl (C=O) groups excluding carboxylic acids is 1. The Morgan fingerprint density at radius 3 is 2.67 bits per heavy atom. The Balaban J connectivity index is 2.04. The highest BCUT2D eigenvalue weighted by atomic mass is 16.5. The fraction of sp³-hybridized carbons (Fsp3) is 0.200. The molecule has 0 aliphatic heterocycles. The van der Waals surface area contributed by atoms with Gasteiger partial charge in [-0.15, -0.1) is 0 Å². The maximum absolute atomic E-state index is 11.4. The van der Waals surface area contributed by atoms with Crippen molar-refractivity contribution in [1.82, 2.24) is 4.98 Å². The van der Waals surface area contributed by atoms with Gasteiger partial charge in [-0.1, -0.05) is 6.07 Å². The van der Waals surface area contributed by atoms with Gasteiger partial charge in [0, 0.05) is 18.8 Å². The summed E-state index contributed by atoms with van der Waals surface area (Å²) in [5, 5.41) is 3.19. The fourth-order valence-electron chi connectivity index (χ4n) is 1.80. The van der Waals surface area contributed by atoms with Gasteiger partial charge in [0.25, 0.3) is 0 Å². The lowest BCUT2D eigenvalue weighted by atomic mass is 10.1. The molecule has 0 fully saturated rings. The molecule has 110 valence electrons. The molecule has 0 amide bonds. The molecule has 1 heterocycles. The molecule has 2 aromatic rings. The van der Waals surface area contributed by atoms with Crippen LogP contribution >= 0.6 is 0 Å². The van der Waals surface area contributed by atoms with E-state index in [-0.39, 0.29) is 0 Å². The quantitative estimate of drug-likeness (QED) is 0.646. The lowest BCUT2D eigenvalue weighted by Crippen LogP contribution is -2.06. The van der Waals surface area contributed by atoms with Crippen LogP contribution in [0.3, 0.4) is 0 Å². The van der Waals surface area contributed by atoms with Crippen molar-refractivity contribution in [2.75, 3.05) is 25.3 Å². The molecular formula is C15H17N3O3. The molecule has 6 nitrogen and oxygen atoms in total. The van der Waals surface area contributed by atoms with Crippen molar-refractivity contribution in [2.24, 2.45) is 0 Å². The van der Waals surface area contributed by atoms with Crippen LogP contribution in [0.2, 0.25) is 0 Å². The molecule has 0 unspecified atom stereocenters. The predicted molar refractivity (Wildman–Crippen MR) is 80.3 cm³/mol. The first kappa shape index (κ1) is 14.6. The van der Waals surface area contributed by atoms with Crippen LogP contribution in [-0.2, 0) is 11.3 Å². The standard InChI is InChI=1S/C15H17N3O3/c1-20-14-6-3-10(9-18-14)8-17-13-5-4-11(7-12(13)16)15(19)21-2/h3-7,9,17H,8,16H2,1-2H3. The van der Waals surface area contributed by atoms with Gasteiger partial charge in [0.1, 0.15) is 0 Å². The Labute approximate surface area is 122 Å². The maximum atomic E-state index is 11.4. The normalized spacial score (nSPS) is 10.0. The summed E-state index contributed by atoms with van der Waals surface area (Å²) in [4.78, 5) is 15.5. The summed E-state index contributed by atoms with van der Waals surface area (Å²) in [6, 6.07) is 8.70. The van der Waals surface area contributed by atoms with Crippen LogP contribution in [0, 0.1) is 0 Å². The largest absolute Gasteiger partial charge is 0.481 e. The number of hydrogen-bond acceptors (Lipinski definition) is 6. The Morgan fingerprint density at radius 1 is 1.29 bits per heavy atom. The Bertz CT molecular complexity index is 627. The van der Waals surface area contributed by atoms with Crippen molar-refractivity contribution < 1.29 is 14.3 Å². The van der Waals surface area contributed by atoms with E-state index in [0.717, 1.165) is 11.3 Å². The minimum absolute atomic E-state index is 0.410. The number of rotatable bonds is 5. The highest BCUT2D eigenvalue weighted by Gasteiger charge is 2.08. The first-order chi connectivity index (χ1) is 10.1. The first-order valence-electron chi connectivity index (χ1n) is 6.34. The van der Waals surface area contributed by atoms with Crippen LogP contribution < -0.4 is 15.8 Å². The second-order valence-electron chi connectivity index (χ2n) is 4.36. The third-order valence-corrected chi connectivity index (χ3v) is 2.96. The Hall–Kier alpha value is -2.76. The topological polar surface area (TPSA) is 86.5 Å². The van der Waals surface area contributed by atoms with Crippen molar-refractivity contribution in [3.8, 4) is 5.88 Å². The second-order valence-corrected chi connectivity index (χ2v) is 4.36. The number of ether oxygens (including phenoxy) is 2. The molecule has 0 radical (unpaired) electrons. The van der Waals surface area contributed by atoms with Crippen LogP contribution in [0.15, 0.2) is 36.5 Å². The van der Waals surface area contributed by atoms with E-state index in [1.165, 1.54) is 7.11 Å². The highest BCUT2D eigenvalue weighted by molar-refractivity contribution is 5.91. The van der Waals surface area contributed by atoms with Gasteiger partial charge in [-0.25, -0.2) is 9.78 Å². The summed E-state index contributed by atoms with van der Waals surface area (Å²) in [5.74, 6) is 0.160. The number of benzene rings is 1. The molecule has 0 bridgehead atoms. The van der Waals surface area contributed by atoms with Crippen molar-refractivity contribution >= 4 is 17.3 Å². The minimum Gasteiger partial charge on any atom is -0.481 e. The number of nitrogen functional groups attached to an aromatic ring is 1. The molecule has 0 saturated carbocycles. The van der Waals surface area contributed by atoms with Crippen LogP contribution in [0.5, 0.6) is 5.88 Å². The van der Waals surface area contributed by atoms with Crippen LogP contribution in [-0.4, -0.2) is 25.2 Å². The molecule has 0 atom stereocenters. The molecule has 0 spiro atoms. The molecule has 2 rings (SSSR count). The number of anilines is 2. The van der Waals surface area contributed by atoms with Gasteiger partial charge >= 0.3 is 5.97 Å². The molecule has 0 aliphatic rings. The van der Waals surface area contributed by atoms with Crippen molar-refractivity contribution in [3.63, 3.8) is 0 Å². The van der Waals surface area contributed by atoms with Crippen molar-refractivity contribution in [1.29, 1.82) is 0 Å². The number of methoxy groups -OCH3 is 2. The number of carbonyl (C=O) groups is 1. The van der Waals surface area contributed by atoms with Crippen LogP contribution in [0.25, 0.3) is 0 Å². The summed E-state index contributed by atoms with van der Waals surface area (Å²) >= 11 is 0. The van der Waals surface area contributed by atoms with E-state index in [4.69, 9.17) is 10.5 Å². The van der Waals surface area contributed by atoms with Crippen molar-refractivity contribution in [2.45, 2.75) is 6.54 Å². The summed E-state index contributed by atoms with van der Waals surface area (Å²) < 4.78 is 9.65. The third-order valence-electron chi connectivity index (χ3n) is 2.96. The number of aromatic nitrogens is 1. The summed E-state index contributed by atoms with van der Waals surface area (Å²) in [5.41, 5.74) is 8.57. The lowest BCUT2D eigenvalue weighted by molar-refractivity contribution is 0.0601. The van der Waals surface area contributed by atoms with E-state index in [0.29, 0.717) is 23.7 Å². The first-order valence-corrected chi connectivity index (χ1v) is 6.34. The third kappa shape index (κ3) is 3.62. The number of hydrogen-bond donors (Lipinski definition) is 2. The van der Waals surface area contributed by atoms with E-state index < -0.39 is 5.97 Å². The van der Waals surface area contributed by atoms with Crippen LogP contribution in [0.1, 0.15) is 15.9 Å². The zero-order valence-electron chi connectivity index (χ0n) is 11.9. The minimum atomic E-state index is -0.410. The van der Waals surface area contributed by atoms with E-state index in [9.17, 15) is 4.79 Å². The summed E-state index contributed by atoms with van der Waals surface area (Å²) in [6.45, 7) is 0.568. The summed E-state index contributed by atoms with van der Waals surface area (Å²) in [7, 11) is 2.91. The highest BCUT2D eigenvalue weighted by Crippen LogP contribution is 2.21. The molecule has 0 aliphatic carbocycles. The molecule has 21 heavy (non-hydrogen) atoms. The average molecular weight is 287 g/mol. The average Bonchev–Trinajstić information content (AvgIpc) is 2.53. The second kappa shape index (κ2) is 6.60. The van der Waals surface area contributed by atoms with E-state index in [2.05, 4.69) is 15.0 Å². The van der Waals surface area contributed by atoms with Gasteiger partial charge in [-0.2, -0.15) is 0 Å². The Morgan fingerprint density at radius 2 is 2.10 bits per heavy atom. The molecule has 3 N–H and O–H groups in total. The number of nitrogens with two attached hydrogens (primary N) is 1. The summed E-state index contributed by atoms with van der Waals surface area (Å²) in [6.07, 6.45) is 1.73. The van der Waals surface area contributed by atoms with E-state index >= 15 is 0 Å². The smallest absolute Gasteiger partial charge is 0.337 e. The number of nitrogens with zero attached hydrogens (tertiary/aromatic N) is 1. The monoisotopic (exact) mass is 287 g/mol. The Kier molecular flexibility index (Phi) is 4.61. The van der Waals surface area contributed by atoms with Gasteiger partial charge in [-0.3, -0.25) is 0 Å². The van der Waals surface area contributed by atoms with E-state index in [1.807, 2.05) is 6.07 Å². The molecule has 1 aromatic heterocycles. The molecule has 1 aromatic carbocycles. The number of pyridine rings is 1. The molecule has 6 heteroatoms.